The molecule has 0 saturated carbocycles. The SMILES string of the molecule is Cc1cc(C(=O)N2CCC(N)C(C)(C)C2)c2c(C)nn(C)c2n1.Cl.Cl. The molecular weight excluding hydrogens is 361 g/mol. The van der Waals surface area contributed by atoms with Gasteiger partial charge >= 0.3 is 0 Å². The average Bonchev–Trinajstić information content (AvgIpc) is 2.75. The van der Waals surface area contributed by atoms with Gasteiger partial charge in [0.15, 0.2) is 5.65 Å². The van der Waals surface area contributed by atoms with Crippen molar-refractivity contribution in [3.05, 3.63) is 23.0 Å². The van der Waals surface area contributed by atoms with Crippen LogP contribution in [0.5, 0.6) is 0 Å². The lowest BCUT2D eigenvalue weighted by molar-refractivity contribution is 0.0534. The number of rotatable bonds is 1. The summed E-state index contributed by atoms with van der Waals surface area (Å²) in [6, 6.07) is 2.01. The maximum absolute atomic E-state index is 13.1. The smallest absolute Gasteiger partial charge is 0.254 e. The number of hydrogen-bond donors (Lipinski definition) is 1. The third-order valence-corrected chi connectivity index (χ3v) is 4.93. The second kappa shape index (κ2) is 7.48. The predicted octanol–water partition coefficient (Wildman–Crippen LogP) is 2.63. The molecule has 2 aromatic heterocycles. The summed E-state index contributed by atoms with van der Waals surface area (Å²) >= 11 is 0. The number of fused-ring (bicyclic) bond motifs is 1. The standard InChI is InChI=1S/C17H25N5O.2ClH/c1-10-8-12(14-11(2)20-21(5)15(14)19-10)16(23)22-7-6-13(18)17(3,4)9-22;;/h8,13H,6-7,9,18H2,1-5H3;2*1H. The summed E-state index contributed by atoms with van der Waals surface area (Å²) in [7, 11) is 1.86. The van der Waals surface area contributed by atoms with Crippen molar-refractivity contribution >= 4 is 41.8 Å². The molecule has 1 fully saturated rings. The zero-order chi connectivity index (χ0) is 16.9. The van der Waals surface area contributed by atoms with E-state index in [9.17, 15) is 4.79 Å². The average molecular weight is 388 g/mol. The highest BCUT2D eigenvalue weighted by Gasteiger charge is 2.36. The first kappa shape index (κ1) is 21.7. The highest BCUT2D eigenvalue weighted by molar-refractivity contribution is 6.06. The van der Waals surface area contributed by atoms with Crippen molar-refractivity contribution in [2.24, 2.45) is 18.2 Å². The molecule has 3 rings (SSSR count). The van der Waals surface area contributed by atoms with Gasteiger partial charge in [-0.25, -0.2) is 4.98 Å². The molecule has 140 valence electrons. The molecule has 1 aliphatic rings. The number of likely N-dealkylation sites (tertiary alicyclic amines) is 1. The van der Waals surface area contributed by atoms with E-state index < -0.39 is 0 Å². The summed E-state index contributed by atoms with van der Waals surface area (Å²) in [5.41, 5.74) is 9.25. The molecule has 1 atom stereocenters. The summed E-state index contributed by atoms with van der Waals surface area (Å²) < 4.78 is 1.74. The summed E-state index contributed by atoms with van der Waals surface area (Å²) in [4.78, 5) is 19.6. The first-order chi connectivity index (χ1) is 10.7. The monoisotopic (exact) mass is 387 g/mol. The molecule has 2 N–H and O–H groups in total. The van der Waals surface area contributed by atoms with E-state index in [2.05, 4.69) is 23.9 Å². The van der Waals surface area contributed by atoms with E-state index in [0.717, 1.165) is 28.8 Å². The lowest BCUT2D eigenvalue weighted by atomic mass is 9.79. The van der Waals surface area contributed by atoms with Crippen molar-refractivity contribution in [1.29, 1.82) is 0 Å². The third-order valence-electron chi connectivity index (χ3n) is 4.93. The third kappa shape index (κ3) is 3.76. The number of hydrogen-bond acceptors (Lipinski definition) is 4. The second-order valence-corrected chi connectivity index (χ2v) is 7.33. The lowest BCUT2D eigenvalue weighted by Gasteiger charge is -2.42. The Hall–Kier alpha value is -1.37. The minimum Gasteiger partial charge on any atom is -0.338 e. The molecule has 2 aromatic rings. The normalized spacial score (nSPS) is 19.3. The van der Waals surface area contributed by atoms with Crippen LogP contribution in [0.2, 0.25) is 0 Å². The number of halogens is 2. The van der Waals surface area contributed by atoms with Crippen molar-refractivity contribution in [3.63, 3.8) is 0 Å². The van der Waals surface area contributed by atoms with E-state index in [0.29, 0.717) is 18.7 Å². The van der Waals surface area contributed by atoms with Crippen LogP contribution in [0.25, 0.3) is 11.0 Å². The van der Waals surface area contributed by atoms with Crippen LogP contribution >= 0.6 is 24.8 Å². The minimum atomic E-state index is -0.0704. The van der Waals surface area contributed by atoms with Gasteiger partial charge in [0.05, 0.1) is 16.6 Å². The Morgan fingerprint density at radius 3 is 2.56 bits per heavy atom. The van der Waals surface area contributed by atoms with E-state index in [4.69, 9.17) is 5.73 Å². The summed E-state index contributed by atoms with van der Waals surface area (Å²) in [5, 5.41) is 5.28. The molecule has 3 heterocycles. The van der Waals surface area contributed by atoms with Gasteiger partial charge in [-0.05, 0) is 31.7 Å². The van der Waals surface area contributed by atoms with Gasteiger partial charge in [0.2, 0.25) is 0 Å². The molecule has 0 aromatic carbocycles. The molecule has 8 heteroatoms. The molecule has 6 nitrogen and oxygen atoms in total. The molecule has 1 saturated heterocycles. The molecule has 1 unspecified atom stereocenters. The van der Waals surface area contributed by atoms with Crippen molar-refractivity contribution < 1.29 is 4.79 Å². The molecule has 0 radical (unpaired) electrons. The van der Waals surface area contributed by atoms with Gasteiger partial charge in [0, 0.05) is 31.9 Å². The number of aryl methyl sites for hydroxylation is 3. The van der Waals surface area contributed by atoms with Crippen LogP contribution in [0, 0.1) is 19.3 Å². The summed E-state index contributed by atoms with van der Waals surface area (Å²) in [6.45, 7) is 9.46. The summed E-state index contributed by atoms with van der Waals surface area (Å²) in [5.74, 6) is 0.0524. The Balaban J connectivity index is 0.00000156. The van der Waals surface area contributed by atoms with Gasteiger partial charge in [0.1, 0.15) is 0 Å². The Labute approximate surface area is 161 Å². The zero-order valence-corrected chi connectivity index (χ0v) is 17.0. The number of carbonyl (C=O) groups excluding carboxylic acids is 1. The van der Waals surface area contributed by atoms with Crippen LogP contribution in [0.15, 0.2) is 6.07 Å². The fourth-order valence-electron chi connectivity index (χ4n) is 3.46. The van der Waals surface area contributed by atoms with Crippen LogP contribution < -0.4 is 5.73 Å². The van der Waals surface area contributed by atoms with Crippen molar-refractivity contribution in [2.45, 2.75) is 40.2 Å². The van der Waals surface area contributed by atoms with Crippen LogP contribution in [-0.4, -0.2) is 44.7 Å². The van der Waals surface area contributed by atoms with Crippen LogP contribution in [0.4, 0.5) is 0 Å². The molecule has 25 heavy (non-hydrogen) atoms. The Morgan fingerprint density at radius 1 is 1.32 bits per heavy atom. The van der Waals surface area contributed by atoms with Crippen LogP contribution in [0.3, 0.4) is 0 Å². The fourth-order valence-corrected chi connectivity index (χ4v) is 3.46. The number of nitrogens with two attached hydrogens (primary N) is 1. The molecule has 0 bridgehead atoms. The molecule has 1 aliphatic heterocycles. The Bertz CT molecular complexity index is 787. The second-order valence-electron chi connectivity index (χ2n) is 7.33. The first-order valence-corrected chi connectivity index (χ1v) is 8.06. The maximum Gasteiger partial charge on any atom is 0.254 e. The van der Waals surface area contributed by atoms with E-state index in [-0.39, 0.29) is 42.2 Å². The fraction of sp³-hybridized carbons (Fsp3) is 0.588. The molecule has 1 amide bonds. The van der Waals surface area contributed by atoms with Crippen molar-refractivity contribution in [2.75, 3.05) is 13.1 Å². The molecule has 0 aliphatic carbocycles. The Kier molecular flexibility index (Phi) is 6.48. The van der Waals surface area contributed by atoms with Crippen LogP contribution in [0.1, 0.15) is 42.0 Å². The zero-order valence-electron chi connectivity index (χ0n) is 15.4. The maximum atomic E-state index is 13.1. The lowest BCUT2D eigenvalue weighted by Crippen LogP contribution is -2.54. The first-order valence-electron chi connectivity index (χ1n) is 8.06. The number of pyridine rings is 1. The number of amides is 1. The van der Waals surface area contributed by atoms with Gasteiger partial charge in [-0.3, -0.25) is 9.48 Å². The van der Waals surface area contributed by atoms with E-state index >= 15 is 0 Å². The minimum absolute atomic E-state index is 0. The number of nitrogens with zero attached hydrogens (tertiary/aromatic N) is 4. The highest BCUT2D eigenvalue weighted by Crippen LogP contribution is 2.30. The van der Waals surface area contributed by atoms with E-state index in [1.165, 1.54) is 0 Å². The largest absolute Gasteiger partial charge is 0.338 e. The van der Waals surface area contributed by atoms with Gasteiger partial charge in [-0.2, -0.15) is 5.10 Å². The summed E-state index contributed by atoms with van der Waals surface area (Å²) in [6.07, 6.45) is 0.831. The number of aromatic nitrogens is 3. The van der Waals surface area contributed by atoms with Gasteiger partial charge in [-0.15, -0.1) is 24.8 Å². The molecule has 0 spiro atoms. The predicted molar refractivity (Wildman–Crippen MR) is 105 cm³/mol. The topological polar surface area (TPSA) is 77.0 Å². The van der Waals surface area contributed by atoms with E-state index in [1.54, 1.807) is 4.68 Å². The van der Waals surface area contributed by atoms with E-state index in [1.807, 2.05) is 31.9 Å². The van der Waals surface area contributed by atoms with Crippen molar-refractivity contribution in [1.82, 2.24) is 19.7 Å². The van der Waals surface area contributed by atoms with Gasteiger partial charge in [0.25, 0.3) is 5.91 Å². The quantitative estimate of drug-likeness (QED) is 0.815. The number of piperidine rings is 1. The number of carbonyl (C=O) groups is 1. The van der Waals surface area contributed by atoms with Gasteiger partial charge < -0.3 is 10.6 Å². The van der Waals surface area contributed by atoms with Gasteiger partial charge in [-0.1, -0.05) is 13.8 Å². The highest BCUT2D eigenvalue weighted by atomic mass is 35.5. The molecular formula is C17H27Cl2N5O. The van der Waals surface area contributed by atoms with Crippen molar-refractivity contribution in [3.8, 4) is 0 Å². The Morgan fingerprint density at radius 2 is 1.96 bits per heavy atom. The van der Waals surface area contributed by atoms with Crippen LogP contribution in [-0.2, 0) is 7.05 Å².